The third-order valence-electron chi connectivity index (χ3n) is 5.94. The number of pyridine rings is 1. The number of rotatable bonds is 12. The van der Waals surface area contributed by atoms with Crippen LogP contribution in [0.2, 0.25) is 0 Å². The highest BCUT2D eigenvalue weighted by Crippen LogP contribution is 2.28. The number of amides is 1. The van der Waals surface area contributed by atoms with Crippen molar-refractivity contribution in [2.45, 2.75) is 50.5 Å². The molecule has 1 unspecified atom stereocenters. The standard InChI is InChI=1S/C27H31N3O5/c1-35-27(34)22(28)16-18-11-13-19(14-12-18)21(6-2-3-10-25(32)33)17-24(31)30-23-9-4-7-20-8-5-15-29-26(20)23/h4-5,7-9,11-15,21-22H,2-3,6,10,16-17,28H2,1H3,(H,30,31)(H,32,33)/t21?,22-/m0/s1. The maximum Gasteiger partial charge on any atom is 0.322 e. The number of unbranched alkanes of at least 4 members (excludes halogenated alkanes) is 1. The molecular formula is C27H31N3O5. The van der Waals surface area contributed by atoms with Gasteiger partial charge >= 0.3 is 11.9 Å². The number of ether oxygens (including phenoxy) is 1. The molecule has 0 aliphatic rings. The zero-order valence-corrected chi connectivity index (χ0v) is 19.8. The maximum absolute atomic E-state index is 13.0. The van der Waals surface area contributed by atoms with Crippen LogP contribution >= 0.6 is 0 Å². The number of para-hydroxylation sites is 1. The number of hydrogen-bond acceptors (Lipinski definition) is 6. The Balaban J connectivity index is 1.71. The molecule has 3 aromatic rings. The topological polar surface area (TPSA) is 132 Å². The molecule has 0 radical (unpaired) electrons. The van der Waals surface area contributed by atoms with Crippen LogP contribution in [0.1, 0.15) is 49.1 Å². The van der Waals surface area contributed by atoms with Gasteiger partial charge in [-0.15, -0.1) is 0 Å². The molecule has 184 valence electrons. The fourth-order valence-corrected chi connectivity index (χ4v) is 4.10. The monoisotopic (exact) mass is 477 g/mol. The summed E-state index contributed by atoms with van der Waals surface area (Å²) in [6.07, 6.45) is 4.31. The molecule has 0 aliphatic heterocycles. The van der Waals surface area contributed by atoms with Crippen molar-refractivity contribution < 1.29 is 24.2 Å². The number of aromatic nitrogens is 1. The quantitative estimate of drug-likeness (QED) is 0.265. The first-order valence-corrected chi connectivity index (χ1v) is 11.6. The van der Waals surface area contributed by atoms with E-state index in [-0.39, 0.29) is 24.7 Å². The zero-order chi connectivity index (χ0) is 25.2. The first-order chi connectivity index (χ1) is 16.9. The van der Waals surface area contributed by atoms with Gasteiger partial charge in [-0.1, -0.05) is 48.9 Å². The molecule has 4 N–H and O–H groups in total. The Morgan fingerprint density at radius 2 is 1.80 bits per heavy atom. The van der Waals surface area contributed by atoms with E-state index < -0.39 is 18.0 Å². The van der Waals surface area contributed by atoms with Crippen molar-refractivity contribution in [3.63, 3.8) is 0 Å². The molecule has 2 atom stereocenters. The number of nitrogens with one attached hydrogen (secondary N) is 1. The van der Waals surface area contributed by atoms with Gasteiger partial charge in [-0.25, -0.2) is 0 Å². The highest BCUT2D eigenvalue weighted by Gasteiger charge is 2.19. The number of aliphatic carboxylic acids is 1. The van der Waals surface area contributed by atoms with Gasteiger partial charge in [0.15, 0.2) is 0 Å². The number of carboxylic acid groups (broad SMARTS) is 1. The number of fused-ring (bicyclic) bond motifs is 1. The van der Waals surface area contributed by atoms with Crippen LogP contribution in [-0.2, 0) is 25.5 Å². The van der Waals surface area contributed by atoms with Gasteiger partial charge in [0.1, 0.15) is 6.04 Å². The van der Waals surface area contributed by atoms with Gasteiger partial charge in [-0.3, -0.25) is 19.4 Å². The van der Waals surface area contributed by atoms with Crippen molar-refractivity contribution in [3.05, 3.63) is 71.9 Å². The molecule has 1 amide bonds. The Kier molecular flexibility index (Phi) is 9.31. The number of esters is 1. The van der Waals surface area contributed by atoms with Gasteiger partial charge < -0.3 is 20.9 Å². The Labute approximate surface area is 204 Å². The Morgan fingerprint density at radius 3 is 2.51 bits per heavy atom. The molecule has 8 heteroatoms. The Hall–Kier alpha value is -3.78. The van der Waals surface area contributed by atoms with E-state index in [1.165, 1.54) is 7.11 Å². The molecule has 0 fully saturated rings. The third kappa shape index (κ3) is 7.61. The number of carbonyl (C=O) groups excluding carboxylic acids is 2. The average Bonchev–Trinajstić information content (AvgIpc) is 2.86. The number of carbonyl (C=O) groups is 3. The fourth-order valence-electron chi connectivity index (χ4n) is 4.10. The third-order valence-corrected chi connectivity index (χ3v) is 5.94. The summed E-state index contributed by atoms with van der Waals surface area (Å²) in [7, 11) is 1.31. The maximum atomic E-state index is 13.0. The minimum absolute atomic E-state index is 0.0879. The van der Waals surface area contributed by atoms with Crippen LogP contribution in [0.5, 0.6) is 0 Å². The smallest absolute Gasteiger partial charge is 0.322 e. The van der Waals surface area contributed by atoms with Crippen LogP contribution in [0.3, 0.4) is 0 Å². The van der Waals surface area contributed by atoms with Crippen molar-refractivity contribution in [2.24, 2.45) is 5.73 Å². The molecule has 0 saturated heterocycles. The van der Waals surface area contributed by atoms with Crippen LogP contribution in [0.15, 0.2) is 60.8 Å². The molecule has 2 aromatic carbocycles. The second-order valence-corrected chi connectivity index (χ2v) is 8.54. The second kappa shape index (κ2) is 12.6. The van der Waals surface area contributed by atoms with Gasteiger partial charge in [0.25, 0.3) is 0 Å². The van der Waals surface area contributed by atoms with Gasteiger partial charge in [0.05, 0.1) is 18.3 Å². The normalized spacial score (nSPS) is 12.6. The molecule has 0 bridgehead atoms. The van der Waals surface area contributed by atoms with Crippen LogP contribution < -0.4 is 11.1 Å². The fraction of sp³-hybridized carbons (Fsp3) is 0.333. The van der Waals surface area contributed by atoms with E-state index in [0.717, 1.165) is 22.0 Å². The largest absolute Gasteiger partial charge is 0.481 e. The van der Waals surface area contributed by atoms with E-state index in [4.69, 9.17) is 10.8 Å². The second-order valence-electron chi connectivity index (χ2n) is 8.54. The molecule has 0 saturated carbocycles. The number of hydrogen-bond donors (Lipinski definition) is 3. The minimum Gasteiger partial charge on any atom is -0.481 e. The van der Waals surface area contributed by atoms with Crippen molar-refractivity contribution in [2.75, 3.05) is 12.4 Å². The summed E-state index contributed by atoms with van der Waals surface area (Å²) in [5.41, 5.74) is 9.11. The predicted octanol–water partition coefficient (Wildman–Crippen LogP) is 4.04. The van der Waals surface area contributed by atoms with Crippen molar-refractivity contribution in [1.29, 1.82) is 0 Å². The number of nitrogens with zero attached hydrogens (tertiary/aromatic N) is 1. The number of anilines is 1. The molecule has 0 spiro atoms. The lowest BCUT2D eigenvalue weighted by Gasteiger charge is -2.18. The summed E-state index contributed by atoms with van der Waals surface area (Å²) in [6.45, 7) is 0. The van der Waals surface area contributed by atoms with E-state index >= 15 is 0 Å². The number of carboxylic acids is 1. The highest BCUT2D eigenvalue weighted by molar-refractivity contribution is 6.00. The first kappa shape index (κ1) is 25.8. The number of methoxy groups -OCH3 is 1. The molecular weight excluding hydrogens is 446 g/mol. The molecule has 8 nitrogen and oxygen atoms in total. The van der Waals surface area contributed by atoms with E-state index in [9.17, 15) is 14.4 Å². The highest BCUT2D eigenvalue weighted by atomic mass is 16.5. The Morgan fingerprint density at radius 1 is 1.06 bits per heavy atom. The van der Waals surface area contributed by atoms with Gasteiger partial charge in [-0.05, 0) is 48.4 Å². The van der Waals surface area contributed by atoms with Crippen LogP contribution in [0.4, 0.5) is 5.69 Å². The lowest BCUT2D eigenvalue weighted by atomic mass is 9.89. The van der Waals surface area contributed by atoms with E-state index in [2.05, 4.69) is 15.0 Å². The molecule has 3 rings (SSSR count). The summed E-state index contributed by atoms with van der Waals surface area (Å²) < 4.78 is 4.68. The number of benzene rings is 2. The Bertz CT molecular complexity index is 1160. The minimum atomic E-state index is -0.825. The van der Waals surface area contributed by atoms with E-state index in [1.807, 2.05) is 54.6 Å². The summed E-state index contributed by atoms with van der Waals surface area (Å²) in [6, 6.07) is 16.4. The molecule has 0 aliphatic carbocycles. The first-order valence-electron chi connectivity index (χ1n) is 11.6. The van der Waals surface area contributed by atoms with Gasteiger partial charge in [0, 0.05) is 24.4 Å². The lowest BCUT2D eigenvalue weighted by molar-refractivity contribution is -0.142. The summed E-state index contributed by atoms with van der Waals surface area (Å²) in [4.78, 5) is 39.9. The summed E-state index contributed by atoms with van der Waals surface area (Å²) in [5.74, 6) is -1.52. The van der Waals surface area contributed by atoms with Crippen molar-refractivity contribution in [1.82, 2.24) is 4.98 Å². The van der Waals surface area contributed by atoms with Crippen molar-refractivity contribution in [3.8, 4) is 0 Å². The SMILES string of the molecule is COC(=O)[C@@H](N)Cc1ccc(C(CCCCC(=O)O)CC(=O)Nc2cccc3cccnc23)cc1. The lowest BCUT2D eigenvalue weighted by Crippen LogP contribution is -2.33. The number of nitrogens with two attached hydrogens (primary N) is 1. The molecule has 1 heterocycles. The summed E-state index contributed by atoms with van der Waals surface area (Å²) >= 11 is 0. The van der Waals surface area contributed by atoms with Crippen molar-refractivity contribution >= 4 is 34.4 Å². The van der Waals surface area contributed by atoms with Crippen LogP contribution in [0, 0.1) is 0 Å². The molecule has 1 aromatic heterocycles. The summed E-state index contributed by atoms with van der Waals surface area (Å²) in [5, 5.41) is 12.9. The zero-order valence-electron chi connectivity index (χ0n) is 19.8. The predicted molar refractivity (Wildman–Crippen MR) is 134 cm³/mol. The molecule has 35 heavy (non-hydrogen) atoms. The van der Waals surface area contributed by atoms with Crippen LogP contribution in [-0.4, -0.2) is 41.1 Å². The average molecular weight is 478 g/mol. The van der Waals surface area contributed by atoms with Gasteiger partial charge in [0.2, 0.25) is 5.91 Å². The van der Waals surface area contributed by atoms with E-state index in [0.29, 0.717) is 31.4 Å². The van der Waals surface area contributed by atoms with E-state index in [1.54, 1.807) is 6.20 Å². The van der Waals surface area contributed by atoms with Gasteiger partial charge in [-0.2, -0.15) is 0 Å². The van der Waals surface area contributed by atoms with Crippen LogP contribution in [0.25, 0.3) is 10.9 Å².